The monoisotopic (exact) mass is 296 g/mol. The Morgan fingerprint density at radius 2 is 1.90 bits per heavy atom. The molecule has 0 amide bonds. The van der Waals surface area contributed by atoms with Crippen LogP contribution in [0.5, 0.6) is 0 Å². The zero-order valence-electron chi connectivity index (χ0n) is 11.7. The number of aromatic nitrogens is 3. The molecule has 0 saturated carbocycles. The minimum absolute atomic E-state index is 0.181. The molecule has 0 aliphatic heterocycles. The van der Waals surface area contributed by atoms with Gasteiger partial charge in [0.1, 0.15) is 6.33 Å². The van der Waals surface area contributed by atoms with Gasteiger partial charge in [-0.25, -0.2) is 15.0 Å². The summed E-state index contributed by atoms with van der Waals surface area (Å²) in [6.45, 7) is 0. The van der Waals surface area contributed by atoms with Crippen molar-refractivity contribution in [2.75, 3.05) is 7.05 Å². The minimum atomic E-state index is 0.181. The van der Waals surface area contributed by atoms with E-state index in [1.807, 2.05) is 37.6 Å². The van der Waals surface area contributed by atoms with Gasteiger partial charge in [0.15, 0.2) is 0 Å². The van der Waals surface area contributed by atoms with E-state index in [9.17, 15) is 0 Å². The van der Waals surface area contributed by atoms with Crippen LogP contribution in [0, 0.1) is 0 Å². The van der Waals surface area contributed by atoms with Crippen molar-refractivity contribution in [1.29, 1.82) is 0 Å². The second-order valence-electron chi connectivity index (χ2n) is 4.71. The Morgan fingerprint density at radius 1 is 1.14 bits per heavy atom. The van der Waals surface area contributed by atoms with Gasteiger partial charge in [-0.3, -0.25) is 0 Å². The van der Waals surface area contributed by atoms with Crippen molar-refractivity contribution in [2.24, 2.45) is 0 Å². The molecule has 0 aliphatic rings. The van der Waals surface area contributed by atoms with E-state index < -0.39 is 0 Å². The summed E-state index contributed by atoms with van der Waals surface area (Å²) in [5.41, 5.74) is 3.27. The Hall–Kier alpha value is -2.11. The molecule has 1 unspecified atom stereocenters. The van der Waals surface area contributed by atoms with Crippen LogP contribution in [0.3, 0.4) is 0 Å². The highest BCUT2D eigenvalue weighted by Crippen LogP contribution is 2.24. The van der Waals surface area contributed by atoms with Crippen LogP contribution in [0.4, 0.5) is 0 Å². The second kappa shape index (κ2) is 6.56. The molecule has 0 radical (unpaired) electrons. The maximum atomic E-state index is 4.73. The Balaban J connectivity index is 1.78. The Kier molecular flexibility index (Phi) is 4.33. The van der Waals surface area contributed by atoms with E-state index >= 15 is 0 Å². The summed E-state index contributed by atoms with van der Waals surface area (Å²) in [5, 5.41) is 6.52. The lowest BCUT2D eigenvalue weighted by Gasteiger charge is -2.13. The number of benzene rings is 1. The fraction of sp³-hybridized carbons (Fsp3) is 0.188. The van der Waals surface area contributed by atoms with Gasteiger partial charge in [0, 0.05) is 41.4 Å². The largest absolute Gasteiger partial charge is 0.313 e. The molecule has 0 aliphatic carbocycles. The maximum absolute atomic E-state index is 4.73. The Morgan fingerprint density at radius 3 is 2.62 bits per heavy atom. The van der Waals surface area contributed by atoms with Crippen LogP contribution >= 0.6 is 11.3 Å². The lowest BCUT2D eigenvalue weighted by molar-refractivity contribution is 0.586. The summed E-state index contributed by atoms with van der Waals surface area (Å²) < 4.78 is 0. The first-order chi connectivity index (χ1) is 10.4. The van der Waals surface area contributed by atoms with Crippen LogP contribution in [0.2, 0.25) is 0 Å². The van der Waals surface area contributed by atoms with Crippen LogP contribution in [-0.4, -0.2) is 22.0 Å². The molecule has 21 heavy (non-hydrogen) atoms. The summed E-state index contributed by atoms with van der Waals surface area (Å²) in [5.74, 6) is 0. The molecule has 1 aromatic carbocycles. The van der Waals surface area contributed by atoms with Crippen LogP contribution < -0.4 is 5.32 Å². The summed E-state index contributed by atoms with van der Waals surface area (Å²) in [4.78, 5) is 12.9. The first-order valence-electron chi connectivity index (χ1n) is 6.79. The average molecular weight is 296 g/mol. The van der Waals surface area contributed by atoms with Crippen LogP contribution in [0.1, 0.15) is 16.6 Å². The van der Waals surface area contributed by atoms with Crippen molar-refractivity contribution >= 4 is 11.3 Å². The molecule has 0 fully saturated rings. The van der Waals surface area contributed by atoms with Gasteiger partial charge < -0.3 is 5.32 Å². The summed E-state index contributed by atoms with van der Waals surface area (Å²) >= 11 is 1.69. The van der Waals surface area contributed by atoms with Gasteiger partial charge >= 0.3 is 0 Å². The van der Waals surface area contributed by atoms with Crippen molar-refractivity contribution in [3.05, 3.63) is 65.0 Å². The fourth-order valence-corrected chi connectivity index (χ4v) is 3.05. The van der Waals surface area contributed by atoms with E-state index in [-0.39, 0.29) is 6.04 Å². The predicted octanol–water partition coefficient (Wildman–Crippen LogP) is 3.10. The molecule has 0 saturated heterocycles. The van der Waals surface area contributed by atoms with E-state index in [0.29, 0.717) is 0 Å². The van der Waals surface area contributed by atoms with Gasteiger partial charge in [-0.2, -0.15) is 0 Å². The first kappa shape index (κ1) is 13.9. The molecule has 0 bridgehead atoms. The number of nitrogens with one attached hydrogen (secondary N) is 1. The quantitative estimate of drug-likeness (QED) is 0.786. The van der Waals surface area contributed by atoms with E-state index in [1.54, 1.807) is 17.7 Å². The molecule has 1 atom stereocenters. The molecule has 5 heteroatoms. The highest BCUT2D eigenvalue weighted by Gasteiger charge is 2.13. The van der Waals surface area contributed by atoms with Crippen molar-refractivity contribution in [2.45, 2.75) is 12.5 Å². The number of rotatable bonds is 5. The molecule has 3 rings (SSSR count). The first-order valence-corrected chi connectivity index (χ1v) is 7.67. The molecule has 1 N–H and O–H groups in total. The number of nitrogens with zero attached hydrogens (tertiary/aromatic N) is 3. The average Bonchev–Trinajstić information content (AvgIpc) is 3.03. The van der Waals surface area contributed by atoms with E-state index in [4.69, 9.17) is 4.98 Å². The third-order valence-electron chi connectivity index (χ3n) is 3.33. The number of likely N-dealkylation sites (N-methyl/N-ethyl adjacent to an activating group) is 1. The van der Waals surface area contributed by atoms with E-state index in [2.05, 4.69) is 32.8 Å². The van der Waals surface area contributed by atoms with Gasteiger partial charge in [-0.15, -0.1) is 11.3 Å². The second-order valence-corrected chi connectivity index (χ2v) is 5.65. The van der Waals surface area contributed by atoms with Crippen LogP contribution in [-0.2, 0) is 6.42 Å². The van der Waals surface area contributed by atoms with Crippen molar-refractivity contribution in [3.63, 3.8) is 0 Å². The molecule has 0 spiro atoms. The van der Waals surface area contributed by atoms with Crippen molar-refractivity contribution in [3.8, 4) is 11.3 Å². The van der Waals surface area contributed by atoms with Gasteiger partial charge in [0.05, 0.1) is 10.7 Å². The van der Waals surface area contributed by atoms with Crippen LogP contribution in [0.25, 0.3) is 11.3 Å². The van der Waals surface area contributed by atoms with E-state index in [1.165, 1.54) is 0 Å². The normalized spacial score (nSPS) is 12.2. The number of thiazole rings is 1. The molecule has 3 aromatic rings. The standard InChI is InChI=1S/C16H16N4S/c1-17-14(13-8-18-11-19-9-13)7-16-20-15(10-21-16)12-5-3-2-4-6-12/h2-6,8-11,14,17H,7H2,1H3. The Bertz CT molecular complexity index is 682. The third kappa shape index (κ3) is 3.32. The van der Waals surface area contributed by atoms with Gasteiger partial charge in [0.2, 0.25) is 0 Å². The van der Waals surface area contributed by atoms with Crippen LogP contribution in [0.15, 0.2) is 54.4 Å². The fourth-order valence-electron chi connectivity index (χ4n) is 2.20. The predicted molar refractivity (Wildman–Crippen MR) is 85.1 cm³/mol. The molecular formula is C16H16N4S. The molecule has 4 nitrogen and oxygen atoms in total. The minimum Gasteiger partial charge on any atom is -0.313 e. The summed E-state index contributed by atoms with van der Waals surface area (Å²) in [7, 11) is 1.95. The van der Waals surface area contributed by atoms with Crippen molar-refractivity contribution < 1.29 is 0 Å². The highest BCUT2D eigenvalue weighted by molar-refractivity contribution is 7.09. The van der Waals surface area contributed by atoms with Crippen molar-refractivity contribution in [1.82, 2.24) is 20.3 Å². The van der Waals surface area contributed by atoms with Gasteiger partial charge in [-0.1, -0.05) is 30.3 Å². The number of hydrogen-bond donors (Lipinski definition) is 1. The SMILES string of the molecule is CNC(Cc1nc(-c2ccccc2)cs1)c1cncnc1. The lowest BCUT2D eigenvalue weighted by Crippen LogP contribution is -2.19. The zero-order valence-corrected chi connectivity index (χ0v) is 12.5. The molecule has 106 valence electrons. The summed E-state index contributed by atoms with van der Waals surface area (Å²) in [6.07, 6.45) is 6.08. The maximum Gasteiger partial charge on any atom is 0.115 e. The van der Waals surface area contributed by atoms with E-state index in [0.717, 1.165) is 28.2 Å². The van der Waals surface area contributed by atoms with Gasteiger partial charge in [-0.05, 0) is 7.05 Å². The molecule has 2 aromatic heterocycles. The number of hydrogen-bond acceptors (Lipinski definition) is 5. The zero-order chi connectivity index (χ0) is 14.5. The highest BCUT2D eigenvalue weighted by atomic mass is 32.1. The molecular weight excluding hydrogens is 280 g/mol. The summed E-state index contributed by atoms with van der Waals surface area (Å²) in [6, 6.07) is 10.4. The van der Waals surface area contributed by atoms with Gasteiger partial charge in [0.25, 0.3) is 0 Å². The molecule has 2 heterocycles. The smallest absolute Gasteiger partial charge is 0.115 e. The third-order valence-corrected chi connectivity index (χ3v) is 4.20. The Labute approximate surface area is 127 Å². The topological polar surface area (TPSA) is 50.7 Å². The lowest BCUT2D eigenvalue weighted by atomic mass is 10.1.